The number of hydrogen-bond acceptors (Lipinski definition) is 5. The Hall–Kier alpha value is -5.79. The van der Waals surface area contributed by atoms with Gasteiger partial charge in [-0.15, -0.1) is 0 Å². The lowest BCUT2D eigenvalue weighted by molar-refractivity contribution is 0.596. The molecule has 0 saturated carbocycles. The van der Waals surface area contributed by atoms with Crippen LogP contribution in [-0.4, -0.2) is 45.4 Å². The summed E-state index contributed by atoms with van der Waals surface area (Å²) in [7, 11) is 0. The van der Waals surface area contributed by atoms with Gasteiger partial charge in [0.1, 0.15) is 63.7 Å². The van der Waals surface area contributed by atoms with Crippen molar-refractivity contribution in [2.24, 2.45) is 25.0 Å². The average molecular weight is 701 g/mol. The van der Waals surface area contributed by atoms with Crippen molar-refractivity contribution < 1.29 is 38.6 Å². The smallest absolute Gasteiger partial charge is 0.370 e. The molecule has 4 aromatic carbocycles. The Labute approximate surface area is 276 Å². The summed E-state index contributed by atoms with van der Waals surface area (Å²) in [5, 5.41) is -3.11. The fourth-order valence-corrected chi connectivity index (χ4v) is 8.77. The van der Waals surface area contributed by atoms with E-state index in [-0.39, 0.29) is 0 Å². The van der Waals surface area contributed by atoms with Crippen LogP contribution in [0.5, 0.6) is 0 Å². The largest absolute Gasteiger partial charge is 0.851 e. The molecule has 2 aromatic heterocycles. The van der Waals surface area contributed by atoms with E-state index in [2.05, 4.69) is 25.0 Å². The number of aromatic nitrogens is 2. The van der Waals surface area contributed by atoms with Gasteiger partial charge in [0.2, 0.25) is 0 Å². The van der Waals surface area contributed by atoms with Crippen molar-refractivity contribution in [1.29, 1.82) is 0 Å². The predicted molar refractivity (Wildman–Crippen MR) is 165 cm³/mol. The number of rotatable bonds is 0. The van der Waals surface area contributed by atoms with Crippen LogP contribution in [0.3, 0.4) is 0 Å². The first-order valence-electron chi connectivity index (χ1n) is 14.6. The molecule has 17 heteroatoms. The van der Waals surface area contributed by atoms with Gasteiger partial charge < -0.3 is 10.6 Å². The van der Waals surface area contributed by atoms with Gasteiger partial charge in [-0.2, -0.15) is 0 Å². The van der Waals surface area contributed by atoms with Crippen LogP contribution < -0.4 is 10.8 Å². The van der Waals surface area contributed by atoms with Crippen LogP contribution in [0, 0.1) is 46.5 Å². The highest BCUT2D eigenvalue weighted by molar-refractivity contribution is 6.51. The van der Waals surface area contributed by atoms with E-state index in [0.717, 1.165) is 46.0 Å². The van der Waals surface area contributed by atoms with Crippen molar-refractivity contribution in [2.45, 2.75) is 0 Å². The second kappa shape index (κ2) is 9.67. The summed E-state index contributed by atoms with van der Waals surface area (Å²) in [6.07, 6.45) is 0.980. The monoisotopic (exact) mass is 701 g/mol. The van der Waals surface area contributed by atoms with Gasteiger partial charge in [-0.05, 0) is 54.6 Å². The van der Waals surface area contributed by atoms with Gasteiger partial charge in [-0.1, -0.05) is 0 Å². The SMILES string of the molecule is Fc1ccc(F)c2c1C1=NC2=Nc2c3c(F)ccc(F)c3c3[n]2[Al]([F])[n]2c(c4c(F)ccc(F)c4c2=NC2=NC(=N3)c3c(F)ccc(F)c32)=C1. The third-order valence-corrected chi connectivity index (χ3v) is 10.8. The molecule has 4 aliphatic rings. The summed E-state index contributed by atoms with van der Waals surface area (Å²) in [5.74, 6) is -12.0. The van der Waals surface area contributed by atoms with E-state index in [1.54, 1.807) is 0 Å². The Kier molecular flexibility index (Phi) is 5.64. The quantitative estimate of drug-likeness (QED) is 0.134. The summed E-state index contributed by atoms with van der Waals surface area (Å²) in [4.78, 5) is 21.3. The third kappa shape index (κ3) is 3.55. The normalized spacial score (nSPS) is 15.3. The number of amidine groups is 3. The molecule has 6 aromatic rings. The van der Waals surface area contributed by atoms with E-state index < -0.39 is 151 Å². The lowest BCUT2D eigenvalue weighted by Crippen LogP contribution is -2.44. The van der Waals surface area contributed by atoms with Crippen LogP contribution >= 0.6 is 0 Å². The maximum Gasteiger partial charge on any atom is 0.851 e. The van der Waals surface area contributed by atoms with Crippen molar-refractivity contribution in [1.82, 2.24) is 7.10 Å². The topological polar surface area (TPSA) is 71.7 Å². The van der Waals surface area contributed by atoms with Crippen LogP contribution in [0.1, 0.15) is 22.3 Å². The van der Waals surface area contributed by atoms with Crippen LogP contribution in [0.25, 0.3) is 27.6 Å². The molecule has 0 N–H and O–H groups in total. The van der Waals surface area contributed by atoms with Crippen molar-refractivity contribution in [2.75, 3.05) is 0 Å². The highest BCUT2D eigenvalue weighted by atomic mass is 27.3. The van der Waals surface area contributed by atoms with Crippen molar-refractivity contribution >= 4 is 77.5 Å². The van der Waals surface area contributed by atoms with Crippen molar-refractivity contribution in [3.8, 4) is 0 Å². The van der Waals surface area contributed by atoms with Gasteiger partial charge in [0.05, 0.1) is 44.1 Å². The first-order chi connectivity index (χ1) is 24.0. The molecule has 0 atom stereocenters. The Morgan fingerprint density at radius 1 is 0.420 bits per heavy atom. The Balaban J connectivity index is 1.55. The molecule has 7 nitrogen and oxygen atoms in total. The highest BCUT2D eigenvalue weighted by Crippen LogP contribution is 2.44. The molecular formula is C33H9AlF9N7. The van der Waals surface area contributed by atoms with Gasteiger partial charge >= 0.3 is 15.0 Å². The zero-order valence-corrected chi connectivity index (χ0v) is 25.5. The Bertz CT molecular complexity index is 2750. The molecule has 0 spiro atoms. The molecule has 50 heavy (non-hydrogen) atoms. The molecule has 0 fully saturated rings. The first kappa shape index (κ1) is 29.2. The maximum absolute atomic E-state index is 17.9. The average Bonchev–Trinajstić information content (AvgIpc) is 3.81. The summed E-state index contributed by atoms with van der Waals surface area (Å²) in [5.41, 5.74) is -3.23. The highest BCUT2D eigenvalue weighted by Gasteiger charge is 2.43. The molecule has 0 aliphatic carbocycles. The van der Waals surface area contributed by atoms with Crippen LogP contribution in [0.15, 0.2) is 73.5 Å². The summed E-state index contributed by atoms with van der Waals surface area (Å²) in [6.45, 7) is 0. The minimum atomic E-state index is -4.79. The second-order valence-electron chi connectivity index (χ2n) is 11.6. The lowest BCUT2D eigenvalue weighted by atomic mass is 10.0. The summed E-state index contributed by atoms with van der Waals surface area (Å²) < 4.78 is 145. The van der Waals surface area contributed by atoms with Gasteiger partial charge in [0, 0.05) is 10.7 Å². The number of fused-ring (bicyclic) bond motifs is 14. The zero-order valence-electron chi connectivity index (χ0n) is 24.3. The fourth-order valence-electron chi connectivity index (χ4n) is 6.94. The number of benzene rings is 4. The van der Waals surface area contributed by atoms with E-state index in [4.69, 9.17) is 0 Å². The van der Waals surface area contributed by atoms with E-state index in [1.165, 1.54) is 0 Å². The predicted octanol–water partition coefficient (Wildman–Crippen LogP) is 6.21. The maximum atomic E-state index is 17.9. The van der Waals surface area contributed by atoms with Gasteiger partial charge in [0.25, 0.3) is 0 Å². The number of nitrogens with zero attached hydrogens (tertiary/aromatic N) is 7. The van der Waals surface area contributed by atoms with Crippen molar-refractivity contribution in [3.05, 3.63) is 128 Å². The van der Waals surface area contributed by atoms with E-state index in [9.17, 15) is 0 Å². The van der Waals surface area contributed by atoms with Crippen molar-refractivity contribution in [3.63, 3.8) is 0 Å². The fraction of sp³-hybridized carbons (Fsp3) is 0. The Morgan fingerprint density at radius 3 is 1.40 bits per heavy atom. The first-order valence-corrected chi connectivity index (χ1v) is 16.1. The van der Waals surface area contributed by atoms with Gasteiger partial charge in [-0.25, -0.2) is 60.1 Å². The molecule has 0 saturated heterocycles. The number of hydrogen-bond donors (Lipinski definition) is 0. The zero-order chi connectivity index (χ0) is 34.5. The summed E-state index contributed by atoms with van der Waals surface area (Å²) >= 11 is -4.79. The molecule has 4 aliphatic heterocycles. The second-order valence-corrected chi connectivity index (χ2v) is 13.2. The van der Waals surface area contributed by atoms with E-state index in [0.29, 0.717) is 15.7 Å². The standard InChI is InChI=1S/C33H9F8N7.Al.FH/c34-10-1-3-12(36)22-20(10)18-9-19-21-11(35)2-4-13(37)23(21)29(43-19)45-31-25-15(39)6-8-17(41)27(25)33(47-31)48-32-26-16(40)7-5-14(38)24(26)30(46-32)44-28(22)42-18;;/h1-9H;;1H/q-2;+3;/p-1. The molecule has 6 heterocycles. The van der Waals surface area contributed by atoms with Crippen LogP contribution in [0.4, 0.5) is 50.3 Å². The van der Waals surface area contributed by atoms with Gasteiger partial charge in [0.15, 0.2) is 17.5 Å². The van der Waals surface area contributed by atoms with Gasteiger partial charge in [-0.3, -0.25) is 0 Å². The minimum Gasteiger partial charge on any atom is -0.370 e. The molecule has 0 unspecified atom stereocenters. The minimum absolute atomic E-state index is 0.395. The number of aliphatic imine (C=N–C) groups is 4. The summed E-state index contributed by atoms with van der Waals surface area (Å²) in [6, 6.07) is 5.97. The van der Waals surface area contributed by atoms with E-state index >= 15 is 38.6 Å². The van der Waals surface area contributed by atoms with E-state index in [1.807, 2.05) is 0 Å². The molecule has 6 bridgehead atoms. The molecule has 0 amide bonds. The lowest BCUT2D eigenvalue weighted by Gasteiger charge is -2.13. The molecule has 0 radical (unpaired) electrons. The third-order valence-electron chi connectivity index (χ3n) is 8.99. The Morgan fingerprint density at radius 2 is 0.840 bits per heavy atom. The molecule has 10 rings (SSSR count). The van der Waals surface area contributed by atoms with Crippen LogP contribution in [0.2, 0.25) is 0 Å². The molecular weight excluding hydrogens is 692 g/mol. The van der Waals surface area contributed by atoms with Crippen LogP contribution in [-0.2, 0) is 0 Å². The molecule has 242 valence electrons. The number of halogens is 9.